The van der Waals surface area contributed by atoms with E-state index in [1.807, 2.05) is 31.2 Å². The van der Waals surface area contributed by atoms with E-state index in [1.54, 1.807) is 4.90 Å². The maximum Gasteiger partial charge on any atom is 0.313 e. The van der Waals surface area contributed by atoms with Gasteiger partial charge in [0, 0.05) is 25.1 Å². The van der Waals surface area contributed by atoms with Crippen LogP contribution in [0.3, 0.4) is 0 Å². The van der Waals surface area contributed by atoms with Crippen LogP contribution in [0.25, 0.3) is 11.5 Å². The molecule has 1 aliphatic carbocycles. The van der Waals surface area contributed by atoms with Gasteiger partial charge in [0.2, 0.25) is 11.7 Å². The highest BCUT2D eigenvalue weighted by molar-refractivity contribution is 5.86. The van der Waals surface area contributed by atoms with Crippen LogP contribution in [0.5, 0.6) is 0 Å². The van der Waals surface area contributed by atoms with Gasteiger partial charge in [-0.3, -0.25) is 9.59 Å². The second-order valence-corrected chi connectivity index (χ2v) is 8.12. The molecule has 8 heteroatoms. The molecular formula is C22H27N3O5. The molecule has 1 saturated heterocycles. The molecule has 2 aliphatic rings. The fraction of sp³-hybridized carbons (Fsp3) is 0.545. The first-order valence-corrected chi connectivity index (χ1v) is 10.5. The number of morpholine rings is 1. The normalized spacial score (nSPS) is 18.4. The number of carbonyl (C=O) groups is 2. The van der Waals surface area contributed by atoms with Crippen molar-refractivity contribution in [2.75, 3.05) is 26.3 Å². The molecule has 0 unspecified atom stereocenters. The molecule has 1 aromatic carbocycles. The maximum atomic E-state index is 13.0. The third-order valence-electron chi connectivity index (χ3n) is 5.95. The molecule has 0 spiro atoms. The number of hydrogen-bond acceptors (Lipinski definition) is 7. The summed E-state index contributed by atoms with van der Waals surface area (Å²) in [5, 5.41) is 3.92. The van der Waals surface area contributed by atoms with Crippen LogP contribution in [-0.2, 0) is 25.7 Å². The van der Waals surface area contributed by atoms with Crippen LogP contribution in [0.1, 0.15) is 43.5 Å². The van der Waals surface area contributed by atoms with Gasteiger partial charge in [0.05, 0.1) is 18.6 Å². The molecular weight excluding hydrogens is 386 g/mol. The highest BCUT2D eigenvalue weighted by atomic mass is 16.5. The Kier molecular flexibility index (Phi) is 6.13. The van der Waals surface area contributed by atoms with Crippen molar-refractivity contribution < 1.29 is 23.6 Å². The molecule has 0 radical (unpaired) electrons. The van der Waals surface area contributed by atoms with E-state index in [2.05, 4.69) is 10.1 Å². The molecule has 1 aliphatic heterocycles. The summed E-state index contributed by atoms with van der Waals surface area (Å²) in [4.78, 5) is 31.8. The van der Waals surface area contributed by atoms with Crippen LogP contribution >= 0.6 is 0 Å². The first kappa shape index (κ1) is 20.5. The molecule has 2 heterocycles. The van der Waals surface area contributed by atoms with E-state index >= 15 is 0 Å². The summed E-state index contributed by atoms with van der Waals surface area (Å²) < 4.78 is 16.2. The van der Waals surface area contributed by atoms with E-state index in [9.17, 15) is 9.59 Å². The standard InChI is InChI=1S/C22H27N3O5/c1-16-4-6-17(7-5-16)20-23-18(24-30-20)15-29-21(27)22(8-2-3-9-22)14-19(26)25-10-12-28-13-11-25/h4-7H,2-3,8-15H2,1H3. The number of esters is 1. The summed E-state index contributed by atoms with van der Waals surface area (Å²) in [6, 6.07) is 7.75. The summed E-state index contributed by atoms with van der Waals surface area (Å²) in [7, 11) is 0. The van der Waals surface area contributed by atoms with Crippen molar-refractivity contribution in [3.8, 4) is 11.5 Å². The lowest BCUT2D eigenvalue weighted by atomic mass is 9.82. The molecule has 1 aromatic heterocycles. The number of aromatic nitrogens is 2. The molecule has 2 fully saturated rings. The lowest BCUT2D eigenvalue weighted by Gasteiger charge is -2.31. The molecule has 0 N–H and O–H groups in total. The SMILES string of the molecule is Cc1ccc(-c2nc(COC(=O)C3(CC(=O)N4CCOCC4)CCCC3)no2)cc1. The minimum atomic E-state index is -0.751. The maximum absolute atomic E-state index is 13.0. The molecule has 2 aromatic rings. The second kappa shape index (κ2) is 8.95. The van der Waals surface area contributed by atoms with Crippen molar-refractivity contribution >= 4 is 11.9 Å². The third-order valence-corrected chi connectivity index (χ3v) is 5.95. The molecule has 0 atom stereocenters. The highest BCUT2D eigenvalue weighted by Gasteiger charge is 2.45. The predicted octanol–water partition coefficient (Wildman–Crippen LogP) is 2.90. The Morgan fingerprint density at radius 3 is 2.53 bits per heavy atom. The zero-order valence-corrected chi connectivity index (χ0v) is 17.3. The zero-order chi connectivity index (χ0) is 21.0. The molecule has 1 amide bonds. The van der Waals surface area contributed by atoms with Gasteiger partial charge in [0.25, 0.3) is 5.89 Å². The van der Waals surface area contributed by atoms with Gasteiger partial charge in [-0.05, 0) is 31.9 Å². The van der Waals surface area contributed by atoms with Crippen LogP contribution < -0.4 is 0 Å². The van der Waals surface area contributed by atoms with Crippen LogP contribution in [-0.4, -0.2) is 53.2 Å². The summed E-state index contributed by atoms with van der Waals surface area (Å²) >= 11 is 0. The smallest absolute Gasteiger partial charge is 0.313 e. The van der Waals surface area contributed by atoms with E-state index in [1.165, 1.54) is 0 Å². The topological polar surface area (TPSA) is 94.8 Å². The van der Waals surface area contributed by atoms with Gasteiger partial charge in [-0.2, -0.15) is 4.98 Å². The summed E-state index contributed by atoms with van der Waals surface area (Å²) in [5.74, 6) is 0.354. The predicted molar refractivity (Wildman–Crippen MR) is 107 cm³/mol. The van der Waals surface area contributed by atoms with E-state index in [-0.39, 0.29) is 24.9 Å². The summed E-state index contributed by atoms with van der Waals surface area (Å²) in [6.07, 6.45) is 3.37. The molecule has 30 heavy (non-hydrogen) atoms. The van der Waals surface area contributed by atoms with E-state index in [4.69, 9.17) is 14.0 Å². The van der Waals surface area contributed by atoms with Gasteiger partial charge in [-0.25, -0.2) is 0 Å². The number of aryl methyl sites for hydroxylation is 1. The van der Waals surface area contributed by atoms with E-state index in [0.29, 0.717) is 50.9 Å². The van der Waals surface area contributed by atoms with Crippen molar-refractivity contribution in [2.45, 2.75) is 45.6 Å². The number of carbonyl (C=O) groups excluding carboxylic acids is 2. The summed E-state index contributed by atoms with van der Waals surface area (Å²) in [6.45, 7) is 4.19. The Bertz CT molecular complexity index is 880. The van der Waals surface area contributed by atoms with Crippen molar-refractivity contribution in [3.63, 3.8) is 0 Å². The second-order valence-electron chi connectivity index (χ2n) is 8.12. The number of amides is 1. The third kappa shape index (κ3) is 4.53. The minimum absolute atomic E-state index is 0.00151. The highest BCUT2D eigenvalue weighted by Crippen LogP contribution is 2.43. The molecule has 8 nitrogen and oxygen atoms in total. The zero-order valence-electron chi connectivity index (χ0n) is 17.3. The van der Waals surface area contributed by atoms with Crippen LogP contribution in [0.15, 0.2) is 28.8 Å². The lowest BCUT2D eigenvalue weighted by molar-refractivity contribution is -0.161. The largest absolute Gasteiger partial charge is 0.457 e. The van der Waals surface area contributed by atoms with Gasteiger partial charge in [-0.15, -0.1) is 0 Å². The Morgan fingerprint density at radius 1 is 1.13 bits per heavy atom. The van der Waals surface area contributed by atoms with Crippen LogP contribution in [0, 0.1) is 12.3 Å². The number of benzene rings is 1. The lowest BCUT2D eigenvalue weighted by Crippen LogP contribution is -2.44. The van der Waals surface area contributed by atoms with Gasteiger partial charge in [0.1, 0.15) is 0 Å². The van der Waals surface area contributed by atoms with Crippen molar-refractivity contribution in [1.82, 2.24) is 15.0 Å². The Hall–Kier alpha value is -2.74. The van der Waals surface area contributed by atoms with Crippen LogP contribution in [0.2, 0.25) is 0 Å². The van der Waals surface area contributed by atoms with Gasteiger partial charge in [-0.1, -0.05) is 35.7 Å². The Labute approximate surface area is 175 Å². The minimum Gasteiger partial charge on any atom is -0.457 e. The van der Waals surface area contributed by atoms with Crippen molar-refractivity contribution in [1.29, 1.82) is 0 Å². The average molecular weight is 413 g/mol. The number of nitrogens with zero attached hydrogens (tertiary/aromatic N) is 3. The quantitative estimate of drug-likeness (QED) is 0.672. The Morgan fingerprint density at radius 2 is 1.83 bits per heavy atom. The molecule has 4 rings (SSSR count). The molecule has 160 valence electrons. The van der Waals surface area contributed by atoms with E-state index in [0.717, 1.165) is 24.0 Å². The first-order chi connectivity index (χ1) is 14.6. The van der Waals surface area contributed by atoms with E-state index < -0.39 is 5.41 Å². The van der Waals surface area contributed by atoms with Gasteiger partial charge in [0.15, 0.2) is 6.61 Å². The number of rotatable bonds is 6. The van der Waals surface area contributed by atoms with Gasteiger partial charge < -0.3 is 18.9 Å². The molecule has 1 saturated carbocycles. The number of hydrogen-bond donors (Lipinski definition) is 0. The monoisotopic (exact) mass is 413 g/mol. The summed E-state index contributed by atoms with van der Waals surface area (Å²) in [5.41, 5.74) is 1.20. The van der Waals surface area contributed by atoms with Crippen LogP contribution in [0.4, 0.5) is 0 Å². The first-order valence-electron chi connectivity index (χ1n) is 10.5. The van der Waals surface area contributed by atoms with Crippen molar-refractivity contribution in [3.05, 3.63) is 35.7 Å². The van der Waals surface area contributed by atoms with Crippen molar-refractivity contribution in [2.24, 2.45) is 5.41 Å². The average Bonchev–Trinajstić information content (AvgIpc) is 3.44. The molecule has 0 bridgehead atoms. The number of ether oxygens (including phenoxy) is 2. The van der Waals surface area contributed by atoms with Gasteiger partial charge >= 0.3 is 5.97 Å². The fourth-order valence-corrected chi connectivity index (χ4v) is 4.13. The fourth-order valence-electron chi connectivity index (χ4n) is 4.13. The Balaban J connectivity index is 1.37.